The highest BCUT2D eigenvalue weighted by Gasteiger charge is 2.61. The Bertz CT molecular complexity index is 2420. The first kappa shape index (κ1) is 49.1. The number of carbonyl (C=O) groups is 6. The normalized spacial score (nSPS) is 33.6. The second kappa shape index (κ2) is 19.4. The molecule has 3 aliphatic heterocycles. The highest BCUT2D eigenvalue weighted by Crippen LogP contribution is 2.43. The van der Waals surface area contributed by atoms with Crippen LogP contribution >= 0.6 is 22.7 Å². The van der Waals surface area contributed by atoms with Crippen LogP contribution in [0.25, 0.3) is 20.2 Å². The van der Waals surface area contributed by atoms with Crippen molar-refractivity contribution >= 4 is 78.4 Å². The zero-order valence-corrected chi connectivity index (χ0v) is 41.0. The number of Topliss-reactive ketones (excluding diaryl/α,β-unsaturated/α-hetero) is 2. The molecule has 3 saturated heterocycles. The topological polar surface area (TPSA) is 176 Å². The van der Waals surface area contributed by atoms with Gasteiger partial charge in [-0.1, -0.05) is 64.1 Å². The molecule has 15 nitrogen and oxygen atoms in total. The molecule has 0 radical (unpaired) electrons. The second-order valence-corrected chi connectivity index (χ2v) is 20.8. The maximum atomic E-state index is 15.0. The van der Waals surface area contributed by atoms with Crippen LogP contribution in [0.15, 0.2) is 60.7 Å². The smallest absolute Gasteiger partial charge is 0.429 e. The number of ether oxygens (including phenoxy) is 6. The van der Waals surface area contributed by atoms with Crippen LogP contribution in [0.5, 0.6) is 0 Å². The van der Waals surface area contributed by atoms with Crippen LogP contribution in [0, 0.1) is 23.7 Å². The predicted octanol–water partition coefficient (Wildman–Crippen LogP) is 7.83. The lowest BCUT2D eigenvalue weighted by molar-refractivity contribution is -0.294. The van der Waals surface area contributed by atoms with Crippen molar-refractivity contribution in [3.05, 3.63) is 70.4 Å². The first-order valence-electron chi connectivity index (χ1n) is 22.5. The summed E-state index contributed by atoms with van der Waals surface area (Å²) in [5.41, 5.74) is -0.345. The first-order chi connectivity index (χ1) is 31.2. The van der Waals surface area contributed by atoms with Gasteiger partial charge in [0.1, 0.15) is 28.7 Å². The van der Waals surface area contributed by atoms with Gasteiger partial charge >= 0.3 is 18.0 Å². The number of nitrogens with one attached hydrogen (secondary N) is 1. The van der Waals surface area contributed by atoms with E-state index in [2.05, 4.69) is 5.43 Å². The molecular formula is C49H61N3O12S2. The summed E-state index contributed by atoms with van der Waals surface area (Å²) in [4.78, 5) is 88.4. The fourth-order valence-corrected chi connectivity index (χ4v) is 12.0. The number of hydrazine groups is 1. The molecule has 0 unspecified atom stereocenters. The third kappa shape index (κ3) is 9.39. The number of carbonyl (C=O) groups excluding carboxylic acids is 6. The molecule has 2 amide bonds. The number of rotatable bonds is 9. The third-order valence-electron chi connectivity index (χ3n) is 13.8. The Hall–Kier alpha value is -4.78. The number of hydrogen-bond acceptors (Lipinski definition) is 15. The highest BCUT2D eigenvalue weighted by molar-refractivity contribution is 7.21. The molecule has 0 bridgehead atoms. The van der Waals surface area contributed by atoms with Crippen LogP contribution in [0.1, 0.15) is 94.0 Å². The van der Waals surface area contributed by atoms with E-state index < -0.39 is 95.2 Å². The summed E-state index contributed by atoms with van der Waals surface area (Å²) in [6.45, 7) is 13.4. The number of hydrogen-bond donors (Lipinski definition) is 1. The van der Waals surface area contributed by atoms with E-state index in [9.17, 15) is 28.8 Å². The van der Waals surface area contributed by atoms with Gasteiger partial charge in [-0.25, -0.2) is 14.6 Å². The van der Waals surface area contributed by atoms with Gasteiger partial charge in [0.05, 0.1) is 28.7 Å². The van der Waals surface area contributed by atoms with Gasteiger partial charge in [-0.15, -0.1) is 22.7 Å². The zero-order valence-electron chi connectivity index (χ0n) is 39.4. The van der Waals surface area contributed by atoms with Crippen molar-refractivity contribution in [2.45, 2.75) is 129 Å². The number of cyclic esters (lactones) is 1. The van der Waals surface area contributed by atoms with Gasteiger partial charge in [-0.05, 0) is 96.1 Å². The molecule has 3 aliphatic rings. The van der Waals surface area contributed by atoms with E-state index in [1.54, 1.807) is 53.7 Å². The van der Waals surface area contributed by atoms with Gasteiger partial charge in [0.15, 0.2) is 23.8 Å². The molecule has 3 fully saturated rings. The lowest BCUT2D eigenvalue weighted by Gasteiger charge is -2.47. The van der Waals surface area contributed by atoms with Crippen LogP contribution in [-0.4, -0.2) is 121 Å². The summed E-state index contributed by atoms with van der Waals surface area (Å²) in [5.74, 6) is -7.10. The minimum atomic E-state index is -1.65. The lowest BCUT2D eigenvalue weighted by atomic mass is 9.73. The van der Waals surface area contributed by atoms with E-state index in [-0.39, 0.29) is 30.8 Å². The van der Waals surface area contributed by atoms with Gasteiger partial charge in [0.2, 0.25) is 0 Å². The number of ketones is 2. The van der Waals surface area contributed by atoms with Crippen LogP contribution in [-0.2, 0) is 42.8 Å². The fourth-order valence-electron chi connectivity index (χ4n) is 10.1. The fraction of sp³-hybridized carbons (Fsp3) is 0.551. The quantitative estimate of drug-likeness (QED) is 0.0977. The van der Waals surface area contributed by atoms with Crippen molar-refractivity contribution in [3.8, 4) is 0 Å². The third-order valence-corrected chi connectivity index (χ3v) is 16.0. The molecule has 0 aliphatic carbocycles. The van der Waals surface area contributed by atoms with E-state index in [1.807, 2.05) is 74.4 Å². The molecular weight excluding hydrogens is 887 g/mol. The minimum absolute atomic E-state index is 0.00297. The average Bonchev–Trinajstić information content (AvgIpc) is 4.00. The summed E-state index contributed by atoms with van der Waals surface area (Å²) in [6.07, 6.45) is -5.19. The van der Waals surface area contributed by atoms with Crippen molar-refractivity contribution in [1.82, 2.24) is 15.3 Å². The number of fused-ring (bicyclic) bond motifs is 3. The minimum Gasteiger partial charge on any atom is -0.457 e. The van der Waals surface area contributed by atoms with Gasteiger partial charge in [0.25, 0.3) is 5.91 Å². The van der Waals surface area contributed by atoms with Crippen LogP contribution in [0.2, 0.25) is 0 Å². The molecule has 17 heteroatoms. The largest absolute Gasteiger partial charge is 0.457 e. The molecule has 0 saturated carbocycles. The molecule has 2 aromatic heterocycles. The van der Waals surface area contributed by atoms with Gasteiger partial charge in [-0.3, -0.25) is 24.6 Å². The van der Waals surface area contributed by atoms with Crippen LogP contribution < -0.4 is 5.43 Å². The molecule has 13 atom stereocenters. The molecule has 4 aromatic rings. The number of amides is 2. The summed E-state index contributed by atoms with van der Waals surface area (Å²) in [7, 11) is 5.21. The number of benzene rings is 2. The Morgan fingerprint density at radius 3 is 2.08 bits per heavy atom. The van der Waals surface area contributed by atoms with Crippen molar-refractivity contribution in [3.63, 3.8) is 0 Å². The van der Waals surface area contributed by atoms with E-state index in [0.717, 1.165) is 25.2 Å². The summed E-state index contributed by atoms with van der Waals surface area (Å²) in [6, 6.07) is 17.1. The summed E-state index contributed by atoms with van der Waals surface area (Å²) < 4.78 is 40.0. The standard InChI is InChI=1S/C49H61N3O12S2/c1-12-37-49(8)41(52(47(58)64-49)50-43(55)35-22-30-17-13-15-19-33(30)65-35)27(4)38(53)25(2)24-48(7,59-11)42(28(5)39(54)29(6)44(56)61-37)63-46-40(32(51(9)10)21-26(3)60-46)62-45(57)36-23-31-18-14-16-20-34(31)66-36/h13-20,22-23,25-29,32,37,40-42,46H,12,21,24H2,1-11H3,(H,50,55)/t25-,26-,27-,28+,29-,32+,37+,40-,41-,42-,46+,48-,49-/m1/s1. The molecule has 2 aromatic carbocycles. The van der Waals surface area contributed by atoms with Gasteiger partial charge in [-0.2, -0.15) is 0 Å². The molecule has 0 spiro atoms. The number of esters is 2. The molecule has 1 N–H and O–H groups in total. The van der Waals surface area contributed by atoms with Gasteiger partial charge in [0, 0.05) is 34.3 Å². The second-order valence-electron chi connectivity index (χ2n) is 18.7. The lowest BCUT2D eigenvalue weighted by Crippen LogP contribution is -2.62. The number of thiophene rings is 2. The predicted molar refractivity (Wildman–Crippen MR) is 249 cm³/mol. The molecule has 356 valence electrons. The van der Waals surface area contributed by atoms with Crippen molar-refractivity contribution < 1.29 is 57.2 Å². The molecule has 5 heterocycles. The first-order valence-corrected chi connectivity index (χ1v) is 24.2. The highest BCUT2D eigenvalue weighted by atomic mass is 32.1. The summed E-state index contributed by atoms with van der Waals surface area (Å²) in [5, 5.41) is 2.79. The maximum Gasteiger partial charge on any atom is 0.429 e. The van der Waals surface area contributed by atoms with Crippen molar-refractivity contribution in [2.75, 3.05) is 21.2 Å². The number of nitrogens with zero attached hydrogens (tertiary/aromatic N) is 2. The van der Waals surface area contributed by atoms with Crippen LogP contribution in [0.3, 0.4) is 0 Å². The number of methoxy groups -OCH3 is 1. The Balaban J connectivity index is 1.24. The van der Waals surface area contributed by atoms with E-state index in [4.69, 9.17) is 28.4 Å². The Morgan fingerprint density at radius 1 is 0.879 bits per heavy atom. The monoisotopic (exact) mass is 947 g/mol. The Morgan fingerprint density at radius 2 is 1.48 bits per heavy atom. The van der Waals surface area contributed by atoms with E-state index in [0.29, 0.717) is 16.2 Å². The molecule has 66 heavy (non-hydrogen) atoms. The van der Waals surface area contributed by atoms with Crippen LogP contribution in [0.4, 0.5) is 4.79 Å². The van der Waals surface area contributed by atoms with Gasteiger partial charge < -0.3 is 33.3 Å². The number of likely N-dealkylation sites (N-methyl/N-ethyl adjacent to an activating group) is 1. The maximum absolute atomic E-state index is 15.0. The van der Waals surface area contributed by atoms with Crippen molar-refractivity contribution in [2.24, 2.45) is 23.7 Å². The Kier molecular flexibility index (Phi) is 14.5. The van der Waals surface area contributed by atoms with E-state index in [1.165, 1.54) is 36.7 Å². The average molecular weight is 948 g/mol. The van der Waals surface area contributed by atoms with Crippen molar-refractivity contribution in [1.29, 1.82) is 0 Å². The molecule has 7 rings (SSSR count). The Labute approximate surface area is 393 Å². The van der Waals surface area contributed by atoms with E-state index >= 15 is 0 Å². The SMILES string of the molecule is CC[C@@H]1OC(=O)[C@H](C)C(=O)[C@H](C)[C@@H](O[C@@H]2O[C@H](C)C[C@H](N(C)C)[C@H]2OC(=O)c2cc3ccccc3s2)[C@](C)(OC)C[C@@H](C)C(=O)[C@@H](C)[C@H]2N(NC(=O)c3cc4ccccc4s3)C(=O)O[C@]12C. The zero-order chi connectivity index (χ0) is 48.0. The summed E-state index contributed by atoms with van der Waals surface area (Å²) >= 11 is 2.56.